The first-order valence-electron chi connectivity index (χ1n) is 6.97. The lowest BCUT2D eigenvalue weighted by atomic mass is 10.1. The second kappa shape index (κ2) is 4.90. The zero-order valence-corrected chi connectivity index (χ0v) is 11.6. The van der Waals surface area contributed by atoms with Gasteiger partial charge in [-0.15, -0.1) is 0 Å². The maximum absolute atomic E-state index is 12.1. The van der Waals surface area contributed by atoms with Crippen molar-refractivity contribution in [1.82, 2.24) is 14.9 Å². The van der Waals surface area contributed by atoms with Crippen LogP contribution in [0.1, 0.15) is 25.6 Å². The fourth-order valence-electron chi connectivity index (χ4n) is 2.67. The first kappa shape index (κ1) is 13.1. The summed E-state index contributed by atoms with van der Waals surface area (Å²) in [6.45, 7) is 2.86. The number of likely N-dealkylation sites (tertiary alicyclic amines) is 1. The average molecular weight is 273 g/mol. The third-order valence-electron chi connectivity index (χ3n) is 3.82. The third-order valence-corrected chi connectivity index (χ3v) is 3.82. The van der Waals surface area contributed by atoms with Crippen molar-refractivity contribution in [3.05, 3.63) is 30.1 Å². The molecule has 1 fully saturated rings. The van der Waals surface area contributed by atoms with Gasteiger partial charge in [0, 0.05) is 25.9 Å². The van der Waals surface area contributed by atoms with Gasteiger partial charge in [-0.3, -0.25) is 4.79 Å². The first-order valence-corrected chi connectivity index (χ1v) is 6.97. The number of aliphatic hydroxyl groups is 1. The van der Waals surface area contributed by atoms with Crippen molar-refractivity contribution >= 4 is 16.9 Å². The van der Waals surface area contributed by atoms with Crippen LogP contribution in [0.25, 0.3) is 11.0 Å². The van der Waals surface area contributed by atoms with Crippen LogP contribution >= 0.6 is 0 Å². The zero-order valence-electron chi connectivity index (χ0n) is 11.6. The minimum Gasteiger partial charge on any atom is -0.388 e. The maximum Gasteiger partial charge on any atom is 0.223 e. The largest absolute Gasteiger partial charge is 0.388 e. The number of nitrogens with one attached hydrogen (secondary N) is 1. The van der Waals surface area contributed by atoms with E-state index in [1.54, 1.807) is 11.8 Å². The molecular weight excluding hydrogens is 254 g/mol. The van der Waals surface area contributed by atoms with E-state index in [2.05, 4.69) is 9.97 Å². The SMILES string of the molecule is CC1(O)CCN(C(=O)CCc2nc3ccccc3[nH]2)C1. The van der Waals surface area contributed by atoms with Crippen molar-refractivity contribution in [3.8, 4) is 0 Å². The number of aromatic nitrogens is 2. The number of carbonyl (C=O) groups is 1. The van der Waals surface area contributed by atoms with Gasteiger partial charge in [0.1, 0.15) is 5.82 Å². The van der Waals surface area contributed by atoms with Crippen molar-refractivity contribution in [3.63, 3.8) is 0 Å². The summed E-state index contributed by atoms with van der Waals surface area (Å²) in [6.07, 6.45) is 1.69. The number of imidazole rings is 1. The number of aryl methyl sites for hydroxylation is 1. The first-order chi connectivity index (χ1) is 9.53. The quantitative estimate of drug-likeness (QED) is 0.890. The highest BCUT2D eigenvalue weighted by Crippen LogP contribution is 2.21. The molecule has 1 aromatic heterocycles. The van der Waals surface area contributed by atoms with Gasteiger partial charge in [-0.05, 0) is 25.5 Å². The van der Waals surface area contributed by atoms with E-state index in [0.29, 0.717) is 32.4 Å². The molecule has 1 atom stereocenters. The molecule has 1 aliphatic heterocycles. The lowest BCUT2D eigenvalue weighted by molar-refractivity contribution is -0.131. The molecule has 1 amide bonds. The van der Waals surface area contributed by atoms with E-state index in [0.717, 1.165) is 16.9 Å². The molecule has 106 valence electrons. The molecule has 2 aromatic rings. The summed E-state index contributed by atoms with van der Waals surface area (Å²) >= 11 is 0. The molecule has 0 radical (unpaired) electrons. The van der Waals surface area contributed by atoms with Gasteiger partial charge in [-0.25, -0.2) is 4.98 Å². The molecule has 5 heteroatoms. The van der Waals surface area contributed by atoms with Crippen LogP contribution in [0.5, 0.6) is 0 Å². The van der Waals surface area contributed by atoms with Gasteiger partial charge >= 0.3 is 0 Å². The van der Waals surface area contributed by atoms with Gasteiger partial charge in [-0.1, -0.05) is 12.1 Å². The maximum atomic E-state index is 12.1. The number of nitrogens with zero attached hydrogens (tertiary/aromatic N) is 2. The highest BCUT2D eigenvalue weighted by molar-refractivity contribution is 5.77. The molecule has 3 rings (SSSR count). The summed E-state index contributed by atoms with van der Waals surface area (Å²) in [5.41, 5.74) is 1.20. The molecular formula is C15H19N3O2. The molecule has 1 aliphatic rings. The van der Waals surface area contributed by atoms with Gasteiger partial charge in [0.25, 0.3) is 0 Å². The van der Waals surface area contributed by atoms with Crippen LogP contribution in [0.15, 0.2) is 24.3 Å². The van der Waals surface area contributed by atoms with E-state index in [1.165, 1.54) is 0 Å². The standard InChI is InChI=1S/C15H19N3O2/c1-15(20)8-9-18(10-15)14(19)7-6-13-16-11-4-2-3-5-12(11)17-13/h2-5,20H,6-10H2,1H3,(H,16,17). The molecule has 2 N–H and O–H groups in total. The Labute approximate surface area is 117 Å². The normalized spacial score (nSPS) is 22.6. The zero-order chi connectivity index (χ0) is 14.2. The Balaban J connectivity index is 1.60. The molecule has 5 nitrogen and oxygen atoms in total. The van der Waals surface area contributed by atoms with Crippen LogP contribution in [-0.2, 0) is 11.2 Å². The predicted molar refractivity (Wildman–Crippen MR) is 76.2 cm³/mol. The van der Waals surface area contributed by atoms with E-state index in [4.69, 9.17) is 0 Å². The lowest BCUT2D eigenvalue weighted by Crippen LogP contribution is -2.34. The van der Waals surface area contributed by atoms with Crippen LogP contribution in [0.4, 0.5) is 0 Å². The van der Waals surface area contributed by atoms with Crippen molar-refractivity contribution in [2.24, 2.45) is 0 Å². The van der Waals surface area contributed by atoms with Crippen molar-refractivity contribution in [2.45, 2.75) is 31.8 Å². The summed E-state index contributed by atoms with van der Waals surface area (Å²) in [5.74, 6) is 0.925. The fourth-order valence-corrected chi connectivity index (χ4v) is 2.67. The van der Waals surface area contributed by atoms with Gasteiger partial charge in [0.2, 0.25) is 5.91 Å². The number of β-amino-alcohol motifs (C(OH)–C–C–N with tert-alkyl or cyclic N) is 1. The molecule has 20 heavy (non-hydrogen) atoms. The Hall–Kier alpha value is -1.88. The number of aromatic amines is 1. The van der Waals surface area contributed by atoms with Gasteiger partial charge in [-0.2, -0.15) is 0 Å². The molecule has 1 saturated heterocycles. The van der Waals surface area contributed by atoms with Crippen LogP contribution in [0, 0.1) is 0 Å². The highest BCUT2D eigenvalue weighted by Gasteiger charge is 2.33. The van der Waals surface area contributed by atoms with Crippen LogP contribution in [-0.4, -0.2) is 44.6 Å². The Morgan fingerprint density at radius 1 is 1.50 bits per heavy atom. The summed E-state index contributed by atoms with van der Waals surface area (Å²) in [7, 11) is 0. The molecule has 0 aliphatic carbocycles. The number of amides is 1. The van der Waals surface area contributed by atoms with Gasteiger partial charge in [0.15, 0.2) is 0 Å². The van der Waals surface area contributed by atoms with Crippen molar-refractivity contribution in [2.75, 3.05) is 13.1 Å². The Morgan fingerprint density at radius 2 is 2.30 bits per heavy atom. The molecule has 0 spiro atoms. The van der Waals surface area contributed by atoms with Gasteiger partial charge < -0.3 is 15.0 Å². The minimum absolute atomic E-state index is 0.0863. The van der Waals surface area contributed by atoms with E-state index in [-0.39, 0.29) is 5.91 Å². The number of carbonyl (C=O) groups excluding carboxylic acids is 1. The van der Waals surface area contributed by atoms with E-state index in [1.807, 2.05) is 24.3 Å². The molecule has 1 unspecified atom stereocenters. The summed E-state index contributed by atoms with van der Waals surface area (Å²) in [6, 6.07) is 7.84. The summed E-state index contributed by atoms with van der Waals surface area (Å²) < 4.78 is 0. The smallest absolute Gasteiger partial charge is 0.223 e. The van der Waals surface area contributed by atoms with Crippen molar-refractivity contribution in [1.29, 1.82) is 0 Å². The number of hydrogen-bond acceptors (Lipinski definition) is 3. The number of fused-ring (bicyclic) bond motifs is 1. The number of hydrogen-bond donors (Lipinski definition) is 2. The number of benzene rings is 1. The molecule has 2 heterocycles. The number of rotatable bonds is 3. The Bertz CT molecular complexity index is 600. The molecule has 0 bridgehead atoms. The second-order valence-electron chi connectivity index (χ2n) is 5.76. The topological polar surface area (TPSA) is 69.2 Å². The fraction of sp³-hybridized carbons (Fsp3) is 0.467. The molecule has 1 aromatic carbocycles. The minimum atomic E-state index is -0.727. The summed E-state index contributed by atoms with van der Waals surface area (Å²) in [5, 5.41) is 9.88. The third kappa shape index (κ3) is 2.67. The average Bonchev–Trinajstić information content (AvgIpc) is 2.98. The highest BCUT2D eigenvalue weighted by atomic mass is 16.3. The Kier molecular flexibility index (Phi) is 3.22. The number of H-pyrrole nitrogens is 1. The predicted octanol–water partition coefficient (Wildman–Crippen LogP) is 1.48. The van der Waals surface area contributed by atoms with E-state index >= 15 is 0 Å². The van der Waals surface area contributed by atoms with Crippen LogP contribution < -0.4 is 0 Å². The summed E-state index contributed by atoms with van der Waals surface area (Å²) in [4.78, 5) is 21.5. The van der Waals surface area contributed by atoms with Crippen LogP contribution in [0.2, 0.25) is 0 Å². The second-order valence-corrected chi connectivity index (χ2v) is 5.76. The van der Waals surface area contributed by atoms with Crippen molar-refractivity contribution < 1.29 is 9.90 Å². The van der Waals surface area contributed by atoms with E-state index < -0.39 is 5.60 Å². The number of para-hydroxylation sites is 2. The lowest BCUT2D eigenvalue weighted by Gasteiger charge is -2.18. The van der Waals surface area contributed by atoms with E-state index in [9.17, 15) is 9.90 Å². The van der Waals surface area contributed by atoms with Gasteiger partial charge in [0.05, 0.1) is 16.6 Å². The molecule has 0 saturated carbocycles. The monoisotopic (exact) mass is 273 g/mol. The Morgan fingerprint density at radius 3 is 3.00 bits per heavy atom. The van der Waals surface area contributed by atoms with Crippen LogP contribution in [0.3, 0.4) is 0 Å².